The second-order valence-corrected chi connectivity index (χ2v) is 7.13. The number of carbonyl (C=O) groups is 1. The molecule has 0 saturated heterocycles. The smallest absolute Gasteiger partial charge is 0.270 e. The number of rotatable bonds is 3. The Balaban J connectivity index is 1.40. The lowest BCUT2D eigenvalue weighted by molar-refractivity contribution is 0.0916. The van der Waals surface area contributed by atoms with E-state index in [1.807, 2.05) is 37.3 Å². The van der Waals surface area contributed by atoms with Crippen molar-refractivity contribution in [3.8, 4) is 0 Å². The summed E-state index contributed by atoms with van der Waals surface area (Å²) in [6.45, 7) is 1.89. The second-order valence-electron chi connectivity index (χ2n) is 7.13. The van der Waals surface area contributed by atoms with Gasteiger partial charge in [0, 0.05) is 17.5 Å². The maximum absolute atomic E-state index is 12.6. The van der Waals surface area contributed by atoms with Crippen LogP contribution in [0.1, 0.15) is 47.9 Å². The molecular formula is C21H22N4O2. The van der Waals surface area contributed by atoms with E-state index in [4.69, 9.17) is 0 Å². The first-order valence-corrected chi connectivity index (χ1v) is 9.33. The fourth-order valence-electron chi connectivity index (χ4n) is 3.70. The van der Waals surface area contributed by atoms with Crippen LogP contribution in [0.2, 0.25) is 0 Å². The molecule has 0 spiro atoms. The maximum atomic E-state index is 12.6. The van der Waals surface area contributed by atoms with Gasteiger partial charge < -0.3 is 5.32 Å². The van der Waals surface area contributed by atoms with Crippen LogP contribution in [0.3, 0.4) is 0 Å². The Kier molecular flexibility index (Phi) is 4.71. The van der Waals surface area contributed by atoms with Gasteiger partial charge in [0.25, 0.3) is 11.5 Å². The largest absolute Gasteiger partial charge is 0.348 e. The first kappa shape index (κ1) is 17.4. The van der Waals surface area contributed by atoms with Gasteiger partial charge in [-0.3, -0.25) is 9.59 Å². The van der Waals surface area contributed by atoms with Crippen LogP contribution in [-0.2, 0) is 0 Å². The average Bonchev–Trinajstić information content (AvgIpc) is 2.70. The highest BCUT2D eigenvalue weighted by molar-refractivity contribution is 5.95. The van der Waals surface area contributed by atoms with Crippen molar-refractivity contribution in [1.29, 1.82) is 0 Å². The minimum atomic E-state index is -0.143. The summed E-state index contributed by atoms with van der Waals surface area (Å²) < 4.78 is 1.60. The minimum Gasteiger partial charge on any atom is -0.348 e. The van der Waals surface area contributed by atoms with E-state index in [9.17, 15) is 9.59 Å². The summed E-state index contributed by atoms with van der Waals surface area (Å²) >= 11 is 0. The van der Waals surface area contributed by atoms with Crippen molar-refractivity contribution in [1.82, 2.24) is 20.1 Å². The van der Waals surface area contributed by atoms with Crippen LogP contribution in [0, 0.1) is 6.92 Å². The van der Waals surface area contributed by atoms with Crippen LogP contribution in [0.25, 0.3) is 10.9 Å². The number of nitrogens with zero attached hydrogens (tertiary/aromatic N) is 3. The van der Waals surface area contributed by atoms with Gasteiger partial charge in [0.05, 0.1) is 17.3 Å². The Morgan fingerprint density at radius 3 is 2.63 bits per heavy atom. The molecule has 0 bridgehead atoms. The van der Waals surface area contributed by atoms with Gasteiger partial charge in [0.15, 0.2) is 0 Å². The number of benzene rings is 1. The predicted octanol–water partition coefficient (Wildman–Crippen LogP) is 3.01. The number of pyridine rings is 1. The molecule has 1 N–H and O–H groups in total. The zero-order valence-corrected chi connectivity index (χ0v) is 15.3. The van der Waals surface area contributed by atoms with Crippen LogP contribution in [0.15, 0.2) is 53.3 Å². The number of aromatic nitrogens is 3. The van der Waals surface area contributed by atoms with Gasteiger partial charge in [-0.1, -0.05) is 24.3 Å². The minimum absolute atomic E-state index is 0.0616. The number of carbonyl (C=O) groups excluding carboxylic acids is 1. The first-order chi connectivity index (χ1) is 13.1. The van der Waals surface area contributed by atoms with Crippen LogP contribution in [-0.4, -0.2) is 26.7 Å². The molecule has 0 atom stereocenters. The molecular weight excluding hydrogens is 340 g/mol. The quantitative estimate of drug-likeness (QED) is 0.777. The molecule has 0 radical (unpaired) electrons. The zero-order chi connectivity index (χ0) is 18.8. The summed E-state index contributed by atoms with van der Waals surface area (Å²) in [5, 5.41) is 8.47. The highest BCUT2D eigenvalue weighted by atomic mass is 16.2. The van der Waals surface area contributed by atoms with Crippen molar-refractivity contribution >= 4 is 16.8 Å². The lowest BCUT2D eigenvalue weighted by Crippen LogP contribution is -2.39. The molecule has 0 aliphatic heterocycles. The van der Waals surface area contributed by atoms with Gasteiger partial charge >= 0.3 is 0 Å². The first-order valence-electron chi connectivity index (χ1n) is 9.33. The molecule has 2 aromatic heterocycles. The average molecular weight is 362 g/mol. The number of amides is 1. The Hall–Kier alpha value is -3.02. The third kappa shape index (κ3) is 3.74. The van der Waals surface area contributed by atoms with Crippen molar-refractivity contribution in [3.63, 3.8) is 0 Å². The molecule has 4 rings (SSSR count). The molecule has 1 saturated carbocycles. The molecule has 1 aliphatic rings. The van der Waals surface area contributed by atoms with E-state index in [1.165, 1.54) is 0 Å². The van der Waals surface area contributed by atoms with E-state index < -0.39 is 0 Å². The van der Waals surface area contributed by atoms with Crippen molar-refractivity contribution in [2.24, 2.45) is 0 Å². The summed E-state index contributed by atoms with van der Waals surface area (Å²) in [4.78, 5) is 29.1. The normalized spacial score (nSPS) is 19.7. The van der Waals surface area contributed by atoms with Gasteiger partial charge in [-0.05, 0) is 50.8 Å². The Bertz CT molecular complexity index is 1040. The molecule has 1 aromatic carbocycles. The third-order valence-corrected chi connectivity index (χ3v) is 5.17. The fraction of sp³-hybridized carbons (Fsp3) is 0.333. The van der Waals surface area contributed by atoms with Crippen molar-refractivity contribution in [3.05, 3.63) is 70.3 Å². The van der Waals surface area contributed by atoms with Crippen LogP contribution in [0.5, 0.6) is 0 Å². The number of hydrogen-bond donors (Lipinski definition) is 1. The summed E-state index contributed by atoms with van der Waals surface area (Å²) in [6, 6.07) is 14.9. The molecule has 27 heavy (non-hydrogen) atoms. The highest BCUT2D eigenvalue weighted by Gasteiger charge is 2.25. The van der Waals surface area contributed by atoms with Gasteiger partial charge in [0.1, 0.15) is 5.69 Å². The number of para-hydroxylation sites is 1. The summed E-state index contributed by atoms with van der Waals surface area (Å²) in [6.07, 6.45) is 3.30. The number of nitrogens with one attached hydrogen (secondary N) is 1. The van der Waals surface area contributed by atoms with Crippen molar-refractivity contribution in [2.45, 2.75) is 44.7 Å². The van der Waals surface area contributed by atoms with Crippen molar-refractivity contribution < 1.29 is 4.79 Å². The van der Waals surface area contributed by atoms with E-state index in [1.54, 1.807) is 22.9 Å². The predicted molar refractivity (Wildman–Crippen MR) is 104 cm³/mol. The third-order valence-electron chi connectivity index (χ3n) is 5.17. The molecule has 6 nitrogen and oxygen atoms in total. The SMILES string of the molecule is Cc1ccc(=O)n(C2CCC(NC(=O)c3ccc4ccccc4n3)CC2)n1. The molecule has 138 valence electrons. The summed E-state index contributed by atoms with van der Waals surface area (Å²) in [5.41, 5.74) is 2.03. The van der Waals surface area contributed by atoms with E-state index >= 15 is 0 Å². The maximum Gasteiger partial charge on any atom is 0.270 e. The van der Waals surface area contributed by atoms with Gasteiger partial charge in [-0.25, -0.2) is 9.67 Å². The molecule has 1 fully saturated rings. The number of aryl methyl sites for hydroxylation is 1. The highest BCUT2D eigenvalue weighted by Crippen LogP contribution is 2.27. The lowest BCUT2D eigenvalue weighted by Gasteiger charge is -2.29. The Morgan fingerprint density at radius 1 is 1.04 bits per heavy atom. The van der Waals surface area contributed by atoms with Gasteiger partial charge in [-0.2, -0.15) is 5.10 Å². The van der Waals surface area contributed by atoms with E-state index in [0.717, 1.165) is 42.3 Å². The van der Waals surface area contributed by atoms with Crippen molar-refractivity contribution in [2.75, 3.05) is 0 Å². The number of hydrogen-bond acceptors (Lipinski definition) is 4. The summed E-state index contributed by atoms with van der Waals surface area (Å²) in [7, 11) is 0. The molecule has 1 aliphatic carbocycles. The second kappa shape index (κ2) is 7.31. The Morgan fingerprint density at radius 2 is 1.81 bits per heavy atom. The van der Waals surface area contributed by atoms with E-state index in [-0.39, 0.29) is 23.6 Å². The summed E-state index contributed by atoms with van der Waals surface area (Å²) in [5.74, 6) is -0.143. The van der Waals surface area contributed by atoms with Crippen LogP contribution >= 0.6 is 0 Å². The van der Waals surface area contributed by atoms with Gasteiger partial charge in [-0.15, -0.1) is 0 Å². The fourth-order valence-corrected chi connectivity index (χ4v) is 3.70. The van der Waals surface area contributed by atoms with Crippen LogP contribution < -0.4 is 10.9 Å². The van der Waals surface area contributed by atoms with E-state index in [2.05, 4.69) is 15.4 Å². The molecule has 2 heterocycles. The molecule has 6 heteroatoms. The molecule has 0 unspecified atom stereocenters. The number of fused-ring (bicyclic) bond motifs is 1. The molecule has 3 aromatic rings. The Labute approximate surface area is 157 Å². The molecule has 1 amide bonds. The van der Waals surface area contributed by atoms with Gasteiger partial charge in [0.2, 0.25) is 0 Å². The zero-order valence-electron chi connectivity index (χ0n) is 15.3. The standard InChI is InChI=1S/C21H22N4O2/c1-14-6-13-20(26)25(24-14)17-10-8-16(9-11-17)22-21(27)19-12-7-15-4-2-3-5-18(15)23-19/h2-7,12-13,16-17H,8-11H2,1H3,(H,22,27). The van der Waals surface area contributed by atoms with E-state index in [0.29, 0.717) is 5.69 Å². The monoisotopic (exact) mass is 362 g/mol. The lowest BCUT2D eigenvalue weighted by atomic mass is 9.91. The van der Waals surface area contributed by atoms with Crippen LogP contribution in [0.4, 0.5) is 0 Å². The topological polar surface area (TPSA) is 76.9 Å².